The maximum atomic E-state index is 12.0. The van der Waals surface area contributed by atoms with Crippen molar-refractivity contribution in [1.82, 2.24) is 9.97 Å². The van der Waals surface area contributed by atoms with Crippen LogP contribution in [0, 0.1) is 13.8 Å². The third-order valence-corrected chi connectivity index (χ3v) is 2.92. The van der Waals surface area contributed by atoms with Gasteiger partial charge in [0.05, 0.1) is 17.4 Å². The molecule has 0 aliphatic carbocycles. The van der Waals surface area contributed by atoms with Crippen LogP contribution in [0.5, 0.6) is 0 Å². The molecular formula is C13H12ClN3O. The molecule has 0 unspecified atom stereocenters. The quantitative estimate of drug-likeness (QED) is 0.846. The lowest BCUT2D eigenvalue weighted by molar-refractivity contribution is 0.102. The second kappa shape index (κ2) is 5.14. The maximum absolute atomic E-state index is 12.0. The molecular weight excluding hydrogens is 250 g/mol. The molecule has 1 N–H and O–H groups in total. The largest absolute Gasteiger partial charge is 0.321 e. The van der Waals surface area contributed by atoms with Gasteiger partial charge in [0.15, 0.2) is 0 Å². The molecule has 4 nitrogen and oxygen atoms in total. The fourth-order valence-electron chi connectivity index (χ4n) is 1.55. The molecule has 1 amide bonds. The maximum Gasteiger partial charge on any atom is 0.257 e. The zero-order valence-electron chi connectivity index (χ0n) is 10.1. The molecule has 2 aromatic rings. The van der Waals surface area contributed by atoms with Crippen molar-refractivity contribution in [3.8, 4) is 0 Å². The third kappa shape index (κ3) is 2.65. The zero-order valence-corrected chi connectivity index (χ0v) is 10.8. The van der Waals surface area contributed by atoms with Crippen LogP contribution in [0.1, 0.15) is 21.6 Å². The molecule has 0 fully saturated rings. The molecule has 5 heteroatoms. The fraction of sp³-hybridized carbons (Fsp3) is 0.154. The summed E-state index contributed by atoms with van der Waals surface area (Å²) in [5.41, 5.74) is 2.67. The molecule has 0 spiro atoms. The van der Waals surface area contributed by atoms with E-state index in [1.165, 1.54) is 6.20 Å². The number of rotatable bonds is 2. The topological polar surface area (TPSA) is 54.9 Å². The van der Waals surface area contributed by atoms with Gasteiger partial charge in [-0.2, -0.15) is 0 Å². The summed E-state index contributed by atoms with van der Waals surface area (Å²) in [6.45, 7) is 3.63. The Hall–Kier alpha value is -1.94. The van der Waals surface area contributed by atoms with Gasteiger partial charge in [-0.05, 0) is 37.6 Å². The highest BCUT2D eigenvalue weighted by atomic mass is 35.5. The van der Waals surface area contributed by atoms with Crippen molar-refractivity contribution in [2.24, 2.45) is 0 Å². The predicted octanol–water partition coefficient (Wildman–Crippen LogP) is 3.00. The van der Waals surface area contributed by atoms with Gasteiger partial charge in [0.2, 0.25) is 0 Å². The van der Waals surface area contributed by atoms with Crippen LogP contribution in [0.3, 0.4) is 0 Å². The Balaban J connectivity index is 2.22. The van der Waals surface area contributed by atoms with Crippen LogP contribution in [-0.4, -0.2) is 15.9 Å². The summed E-state index contributed by atoms with van der Waals surface area (Å²) in [4.78, 5) is 20.1. The normalized spacial score (nSPS) is 10.2. The number of carbonyl (C=O) groups is 1. The van der Waals surface area contributed by atoms with Crippen molar-refractivity contribution in [2.45, 2.75) is 13.8 Å². The van der Waals surface area contributed by atoms with Gasteiger partial charge in [0, 0.05) is 11.9 Å². The van der Waals surface area contributed by atoms with Crippen LogP contribution in [0.4, 0.5) is 5.69 Å². The lowest BCUT2D eigenvalue weighted by Crippen LogP contribution is -2.14. The van der Waals surface area contributed by atoms with Crippen molar-refractivity contribution in [1.29, 1.82) is 0 Å². The standard InChI is InChI=1S/C13H12ClN3O/c1-8-6-10(7-16-12(8)14)17-13(18)11-4-3-5-15-9(11)2/h3-7H,1-2H3,(H,17,18). The molecule has 0 radical (unpaired) electrons. The lowest BCUT2D eigenvalue weighted by atomic mass is 10.2. The Morgan fingerprint density at radius 2 is 2.11 bits per heavy atom. The van der Waals surface area contributed by atoms with Crippen molar-refractivity contribution < 1.29 is 4.79 Å². The lowest BCUT2D eigenvalue weighted by Gasteiger charge is -2.07. The average molecular weight is 262 g/mol. The summed E-state index contributed by atoms with van der Waals surface area (Å²) in [7, 11) is 0. The van der Waals surface area contributed by atoms with E-state index < -0.39 is 0 Å². The minimum absolute atomic E-state index is 0.205. The third-order valence-electron chi connectivity index (χ3n) is 2.52. The molecule has 0 atom stereocenters. The summed E-state index contributed by atoms with van der Waals surface area (Å²) in [5.74, 6) is -0.205. The van der Waals surface area contributed by atoms with Crippen LogP contribution >= 0.6 is 11.6 Å². The number of pyridine rings is 2. The van der Waals surface area contributed by atoms with E-state index in [0.29, 0.717) is 22.1 Å². The second-order valence-corrected chi connectivity index (χ2v) is 4.28. The first-order valence-corrected chi connectivity index (χ1v) is 5.81. The summed E-state index contributed by atoms with van der Waals surface area (Å²) in [5, 5.41) is 3.20. The molecule has 92 valence electrons. The summed E-state index contributed by atoms with van der Waals surface area (Å²) in [6.07, 6.45) is 3.18. The first kappa shape index (κ1) is 12.5. The van der Waals surface area contributed by atoms with E-state index >= 15 is 0 Å². The van der Waals surface area contributed by atoms with Gasteiger partial charge < -0.3 is 5.32 Å². The number of nitrogens with zero attached hydrogens (tertiary/aromatic N) is 2. The molecule has 0 saturated heterocycles. The molecule has 0 aliphatic heterocycles. The fourth-order valence-corrected chi connectivity index (χ4v) is 1.65. The number of halogens is 1. The van der Waals surface area contributed by atoms with Gasteiger partial charge in [-0.1, -0.05) is 11.6 Å². The predicted molar refractivity (Wildman–Crippen MR) is 70.9 cm³/mol. The summed E-state index contributed by atoms with van der Waals surface area (Å²) >= 11 is 5.83. The minimum Gasteiger partial charge on any atom is -0.321 e. The van der Waals surface area contributed by atoms with E-state index in [9.17, 15) is 4.79 Å². The Bertz CT molecular complexity index is 599. The van der Waals surface area contributed by atoms with Gasteiger partial charge in [0.1, 0.15) is 5.15 Å². The Morgan fingerprint density at radius 1 is 1.33 bits per heavy atom. The van der Waals surface area contributed by atoms with Crippen molar-refractivity contribution in [3.05, 3.63) is 52.6 Å². The Labute approximate surface area is 110 Å². The van der Waals surface area contributed by atoms with Crippen LogP contribution in [0.15, 0.2) is 30.6 Å². The van der Waals surface area contributed by atoms with E-state index in [-0.39, 0.29) is 5.91 Å². The van der Waals surface area contributed by atoms with Gasteiger partial charge in [0.25, 0.3) is 5.91 Å². The molecule has 0 aliphatic rings. The number of anilines is 1. The van der Waals surface area contributed by atoms with Gasteiger partial charge >= 0.3 is 0 Å². The smallest absolute Gasteiger partial charge is 0.257 e. The Kier molecular flexibility index (Phi) is 3.58. The van der Waals surface area contributed by atoms with Crippen LogP contribution in [0.2, 0.25) is 5.15 Å². The van der Waals surface area contributed by atoms with E-state index in [1.54, 1.807) is 31.3 Å². The van der Waals surface area contributed by atoms with Crippen molar-refractivity contribution in [3.63, 3.8) is 0 Å². The average Bonchev–Trinajstić information content (AvgIpc) is 2.34. The number of hydrogen-bond acceptors (Lipinski definition) is 3. The second-order valence-electron chi connectivity index (χ2n) is 3.92. The molecule has 18 heavy (non-hydrogen) atoms. The van der Waals surface area contributed by atoms with E-state index in [1.807, 2.05) is 6.92 Å². The van der Waals surface area contributed by atoms with Gasteiger partial charge in [-0.3, -0.25) is 9.78 Å². The molecule has 0 saturated carbocycles. The highest BCUT2D eigenvalue weighted by Gasteiger charge is 2.10. The van der Waals surface area contributed by atoms with E-state index in [2.05, 4.69) is 15.3 Å². The number of amides is 1. The summed E-state index contributed by atoms with van der Waals surface area (Å²) < 4.78 is 0. The molecule has 2 heterocycles. The molecule has 0 aromatic carbocycles. The summed E-state index contributed by atoms with van der Waals surface area (Å²) in [6, 6.07) is 5.24. The number of aryl methyl sites for hydroxylation is 2. The molecule has 2 rings (SSSR count). The monoisotopic (exact) mass is 261 g/mol. The molecule has 0 bridgehead atoms. The van der Waals surface area contributed by atoms with E-state index in [0.717, 1.165) is 5.56 Å². The number of aromatic nitrogens is 2. The SMILES string of the molecule is Cc1cc(NC(=O)c2cccnc2C)cnc1Cl. The molecule has 2 aromatic heterocycles. The number of nitrogens with one attached hydrogen (secondary N) is 1. The van der Waals surface area contributed by atoms with Crippen LogP contribution < -0.4 is 5.32 Å². The van der Waals surface area contributed by atoms with E-state index in [4.69, 9.17) is 11.6 Å². The van der Waals surface area contributed by atoms with Gasteiger partial charge in [-0.25, -0.2) is 4.98 Å². The minimum atomic E-state index is -0.205. The van der Waals surface area contributed by atoms with Crippen molar-refractivity contribution in [2.75, 3.05) is 5.32 Å². The van der Waals surface area contributed by atoms with Crippen LogP contribution in [-0.2, 0) is 0 Å². The number of hydrogen-bond donors (Lipinski definition) is 1. The van der Waals surface area contributed by atoms with Crippen LogP contribution in [0.25, 0.3) is 0 Å². The van der Waals surface area contributed by atoms with Crippen molar-refractivity contribution >= 4 is 23.2 Å². The highest BCUT2D eigenvalue weighted by molar-refractivity contribution is 6.30. The zero-order chi connectivity index (χ0) is 13.1. The number of carbonyl (C=O) groups excluding carboxylic acids is 1. The first-order chi connectivity index (χ1) is 8.58. The first-order valence-electron chi connectivity index (χ1n) is 5.43. The Morgan fingerprint density at radius 3 is 2.78 bits per heavy atom. The highest BCUT2D eigenvalue weighted by Crippen LogP contribution is 2.17. The van der Waals surface area contributed by atoms with Gasteiger partial charge in [-0.15, -0.1) is 0 Å².